The zero-order valence-electron chi connectivity index (χ0n) is 8.00. The molecule has 1 aromatic heterocycles. The predicted octanol–water partition coefficient (Wildman–Crippen LogP) is 2.45. The summed E-state index contributed by atoms with van der Waals surface area (Å²) >= 11 is 5.51. The van der Waals surface area contributed by atoms with Crippen molar-refractivity contribution < 1.29 is 9.18 Å². The third kappa shape index (κ3) is 2.20. The Morgan fingerprint density at radius 3 is 2.88 bits per heavy atom. The van der Waals surface area contributed by atoms with Crippen molar-refractivity contribution in [3.63, 3.8) is 0 Å². The third-order valence-corrected chi connectivity index (χ3v) is 2.22. The number of anilines is 1. The molecule has 1 amide bonds. The van der Waals surface area contributed by atoms with Gasteiger partial charge in [0.2, 0.25) is 0 Å². The van der Waals surface area contributed by atoms with Crippen LogP contribution in [0.3, 0.4) is 0 Å². The molecule has 2 rings (SSSR count). The minimum Gasteiger partial charge on any atom is -0.320 e. The highest BCUT2D eigenvalue weighted by Gasteiger charge is 2.09. The molecule has 4 nitrogen and oxygen atoms in total. The van der Waals surface area contributed by atoms with E-state index in [0.717, 1.165) is 6.07 Å². The maximum atomic E-state index is 13.1. The number of carbonyl (C=O) groups is 1. The summed E-state index contributed by atoms with van der Waals surface area (Å²) in [6, 6.07) is 5.54. The van der Waals surface area contributed by atoms with Crippen molar-refractivity contribution in [2.24, 2.45) is 0 Å². The van der Waals surface area contributed by atoms with Gasteiger partial charge < -0.3 is 5.32 Å². The Hall–Kier alpha value is -1.88. The van der Waals surface area contributed by atoms with Crippen LogP contribution >= 0.6 is 11.6 Å². The molecule has 1 aromatic carbocycles. The molecule has 0 aliphatic carbocycles. The summed E-state index contributed by atoms with van der Waals surface area (Å²) in [6.07, 6.45) is 1.53. The van der Waals surface area contributed by atoms with Crippen molar-refractivity contribution in [2.75, 3.05) is 5.32 Å². The third-order valence-electron chi connectivity index (χ3n) is 1.91. The first-order valence-corrected chi connectivity index (χ1v) is 4.81. The minimum absolute atomic E-state index is 0.0118. The molecule has 0 saturated carbocycles. The van der Waals surface area contributed by atoms with Crippen LogP contribution in [0.5, 0.6) is 0 Å². The van der Waals surface area contributed by atoms with Gasteiger partial charge in [0.15, 0.2) is 0 Å². The zero-order valence-corrected chi connectivity index (χ0v) is 8.75. The number of aromatic nitrogens is 2. The number of H-pyrrole nitrogens is 1. The topological polar surface area (TPSA) is 57.8 Å². The van der Waals surface area contributed by atoms with Crippen LogP contribution in [-0.4, -0.2) is 16.1 Å². The van der Waals surface area contributed by atoms with Gasteiger partial charge in [-0.05, 0) is 24.3 Å². The molecule has 0 saturated heterocycles. The lowest BCUT2D eigenvalue weighted by Gasteiger charge is -2.03. The van der Waals surface area contributed by atoms with Crippen LogP contribution in [-0.2, 0) is 0 Å². The SMILES string of the molecule is O=C(Nc1ccc(Cl)c(F)c1)c1cc[nH]n1. The van der Waals surface area contributed by atoms with Gasteiger partial charge in [0.05, 0.1) is 5.02 Å². The van der Waals surface area contributed by atoms with Crippen LogP contribution < -0.4 is 5.32 Å². The molecular weight excluding hydrogens is 233 g/mol. The van der Waals surface area contributed by atoms with Crippen molar-refractivity contribution in [2.45, 2.75) is 0 Å². The molecule has 0 aliphatic rings. The van der Waals surface area contributed by atoms with Crippen LogP contribution in [0, 0.1) is 5.82 Å². The van der Waals surface area contributed by atoms with E-state index in [-0.39, 0.29) is 10.7 Å². The van der Waals surface area contributed by atoms with E-state index in [1.165, 1.54) is 24.4 Å². The molecule has 0 aliphatic heterocycles. The van der Waals surface area contributed by atoms with Crippen LogP contribution in [0.4, 0.5) is 10.1 Å². The first kappa shape index (κ1) is 10.6. The monoisotopic (exact) mass is 239 g/mol. The van der Waals surface area contributed by atoms with Gasteiger partial charge in [0.25, 0.3) is 5.91 Å². The summed E-state index contributed by atoms with van der Waals surface area (Å²) in [5, 5.41) is 8.71. The maximum absolute atomic E-state index is 13.1. The van der Waals surface area contributed by atoms with E-state index in [1.807, 2.05) is 0 Å². The Balaban J connectivity index is 2.15. The van der Waals surface area contributed by atoms with E-state index >= 15 is 0 Å². The number of halogens is 2. The molecule has 1 heterocycles. The normalized spacial score (nSPS) is 10.1. The largest absolute Gasteiger partial charge is 0.320 e. The number of hydrogen-bond donors (Lipinski definition) is 2. The molecular formula is C10H7ClFN3O. The van der Waals surface area contributed by atoms with Crippen LogP contribution in [0.15, 0.2) is 30.5 Å². The highest BCUT2D eigenvalue weighted by molar-refractivity contribution is 6.30. The van der Waals surface area contributed by atoms with Gasteiger partial charge in [0.1, 0.15) is 11.5 Å². The van der Waals surface area contributed by atoms with Crippen molar-refractivity contribution in [1.29, 1.82) is 0 Å². The van der Waals surface area contributed by atoms with Crippen LogP contribution in [0.1, 0.15) is 10.5 Å². The average Bonchev–Trinajstić information content (AvgIpc) is 2.77. The second kappa shape index (κ2) is 4.32. The number of benzene rings is 1. The van der Waals surface area contributed by atoms with E-state index in [9.17, 15) is 9.18 Å². The van der Waals surface area contributed by atoms with Crippen molar-refractivity contribution in [1.82, 2.24) is 10.2 Å². The zero-order chi connectivity index (χ0) is 11.5. The summed E-state index contributed by atoms with van der Waals surface area (Å²) in [6.45, 7) is 0. The maximum Gasteiger partial charge on any atom is 0.276 e. The molecule has 0 bridgehead atoms. The van der Waals surface area contributed by atoms with Gasteiger partial charge >= 0.3 is 0 Å². The highest BCUT2D eigenvalue weighted by atomic mass is 35.5. The van der Waals surface area contributed by atoms with Gasteiger partial charge in [-0.2, -0.15) is 5.10 Å². The fraction of sp³-hybridized carbons (Fsp3) is 0. The standard InChI is InChI=1S/C10H7ClFN3O/c11-7-2-1-6(5-8(7)12)14-10(16)9-3-4-13-15-9/h1-5H,(H,13,15)(H,14,16). The second-order valence-electron chi connectivity index (χ2n) is 3.04. The fourth-order valence-corrected chi connectivity index (χ4v) is 1.27. The fourth-order valence-electron chi connectivity index (χ4n) is 1.16. The summed E-state index contributed by atoms with van der Waals surface area (Å²) in [7, 11) is 0. The number of nitrogens with one attached hydrogen (secondary N) is 2. The van der Waals surface area contributed by atoms with Crippen molar-refractivity contribution in [3.8, 4) is 0 Å². The summed E-state index contributed by atoms with van der Waals surface area (Å²) in [4.78, 5) is 11.5. The van der Waals surface area contributed by atoms with E-state index < -0.39 is 11.7 Å². The molecule has 6 heteroatoms. The quantitative estimate of drug-likeness (QED) is 0.846. The van der Waals surface area contributed by atoms with Crippen LogP contribution in [0.2, 0.25) is 5.02 Å². The lowest BCUT2D eigenvalue weighted by molar-refractivity contribution is 0.102. The van der Waals surface area contributed by atoms with Crippen LogP contribution in [0.25, 0.3) is 0 Å². The summed E-state index contributed by atoms with van der Waals surface area (Å²) in [5.74, 6) is -0.996. The first-order valence-electron chi connectivity index (χ1n) is 4.43. The van der Waals surface area contributed by atoms with E-state index in [2.05, 4.69) is 15.5 Å². The molecule has 0 spiro atoms. The van der Waals surface area contributed by atoms with Gasteiger partial charge in [-0.3, -0.25) is 9.89 Å². The number of rotatable bonds is 2. The summed E-state index contributed by atoms with van der Waals surface area (Å²) in [5.41, 5.74) is 0.560. The molecule has 0 unspecified atom stereocenters. The molecule has 0 fully saturated rings. The smallest absolute Gasteiger partial charge is 0.276 e. The molecule has 0 radical (unpaired) electrons. The van der Waals surface area contributed by atoms with E-state index in [4.69, 9.17) is 11.6 Å². The molecule has 16 heavy (non-hydrogen) atoms. The lowest BCUT2D eigenvalue weighted by atomic mass is 10.3. The number of hydrogen-bond acceptors (Lipinski definition) is 2. The molecule has 2 N–H and O–H groups in total. The average molecular weight is 240 g/mol. The minimum atomic E-state index is -0.582. The molecule has 82 valence electrons. The Labute approximate surface area is 95.4 Å². The number of amides is 1. The molecule has 0 atom stereocenters. The Morgan fingerprint density at radius 1 is 1.44 bits per heavy atom. The number of aromatic amines is 1. The Bertz CT molecular complexity index is 513. The highest BCUT2D eigenvalue weighted by Crippen LogP contribution is 2.18. The van der Waals surface area contributed by atoms with Gasteiger partial charge in [-0.1, -0.05) is 11.6 Å². The van der Waals surface area contributed by atoms with Crippen molar-refractivity contribution in [3.05, 3.63) is 47.0 Å². The molecule has 2 aromatic rings. The Morgan fingerprint density at radius 2 is 2.25 bits per heavy atom. The van der Waals surface area contributed by atoms with E-state index in [0.29, 0.717) is 5.69 Å². The lowest BCUT2D eigenvalue weighted by Crippen LogP contribution is -2.12. The number of nitrogens with zero attached hydrogens (tertiary/aromatic N) is 1. The van der Waals surface area contributed by atoms with E-state index in [1.54, 1.807) is 0 Å². The van der Waals surface area contributed by atoms with Gasteiger partial charge in [-0.15, -0.1) is 0 Å². The van der Waals surface area contributed by atoms with Crippen molar-refractivity contribution >= 4 is 23.2 Å². The van der Waals surface area contributed by atoms with Gasteiger partial charge in [0, 0.05) is 11.9 Å². The second-order valence-corrected chi connectivity index (χ2v) is 3.45. The number of carbonyl (C=O) groups excluding carboxylic acids is 1. The first-order chi connectivity index (χ1) is 7.66. The Kier molecular flexibility index (Phi) is 2.87. The predicted molar refractivity (Wildman–Crippen MR) is 58.0 cm³/mol. The summed E-state index contributed by atoms with van der Waals surface area (Å²) < 4.78 is 13.1. The van der Waals surface area contributed by atoms with Gasteiger partial charge in [-0.25, -0.2) is 4.39 Å².